The number of nitrogens with zero attached hydrogens (tertiary/aromatic N) is 5. The maximum Gasteiger partial charge on any atom is 0.159 e. The Bertz CT molecular complexity index is 1160. The van der Waals surface area contributed by atoms with Crippen LogP contribution in [0.2, 0.25) is 0 Å². The van der Waals surface area contributed by atoms with Crippen LogP contribution in [-0.4, -0.2) is 44.9 Å². The molecule has 7 nitrogen and oxygen atoms in total. The molecule has 0 atom stereocenters. The number of rotatable bonds is 5. The van der Waals surface area contributed by atoms with E-state index < -0.39 is 0 Å². The van der Waals surface area contributed by atoms with Crippen LogP contribution in [0.1, 0.15) is 31.5 Å². The average molecular weight is 403 g/mol. The third-order valence-corrected chi connectivity index (χ3v) is 5.73. The van der Waals surface area contributed by atoms with Crippen LogP contribution in [0, 0.1) is 0 Å². The molecule has 0 aliphatic carbocycles. The van der Waals surface area contributed by atoms with Gasteiger partial charge in [-0.15, -0.1) is 0 Å². The SMILES string of the molecule is CCc1nn(C2CCOCC2)c2nc(-c3ccnn3-c3ccc(OC)cc3)ccc12. The van der Waals surface area contributed by atoms with Gasteiger partial charge in [-0.05, 0) is 61.7 Å². The first-order valence-corrected chi connectivity index (χ1v) is 10.4. The van der Waals surface area contributed by atoms with Crippen molar-refractivity contribution in [2.24, 2.45) is 0 Å². The van der Waals surface area contributed by atoms with Gasteiger partial charge in [0.1, 0.15) is 5.75 Å². The fraction of sp³-hybridized carbons (Fsp3) is 0.348. The molecule has 1 aliphatic heterocycles. The fourth-order valence-corrected chi connectivity index (χ4v) is 4.09. The highest BCUT2D eigenvalue weighted by atomic mass is 16.5. The number of methoxy groups -OCH3 is 1. The van der Waals surface area contributed by atoms with Gasteiger partial charge in [0.2, 0.25) is 0 Å². The Morgan fingerprint density at radius 2 is 1.87 bits per heavy atom. The van der Waals surface area contributed by atoms with Gasteiger partial charge in [0.15, 0.2) is 5.65 Å². The molecule has 30 heavy (non-hydrogen) atoms. The first kappa shape index (κ1) is 18.8. The first-order chi connectivity index (χ1) is 14.8. The van der Waals surface area contributed by atoms with Crippen LogP contribution in [0.25, 0.3) is 28.1 Å². The summed E-state index contributed by atoms with van der Waals surface area (Å²) in [5, 5.41) is 10.6. The Hall–Kier alpha value is -3.19. The molecule has 0 radical (unpaired) electrons. The summed E-state index contributed by atoms with van der Waals surface area (Å²) < 4.78 is 14.8. The first-order valence-electron chi connectivity index (χ1n) is 10.4. The summed E-state index contributed by atoms with van der Waals surface area (Å²) in [6.07, 6.45) is 4.63. The Labute approximate surface area is 175 Å². The van der Waals surface area contributed by atoms with E-state index in [1.165, 1.54) is 0 Å². The van der Waals surface area contributed by atoms with Crippen molar-refractivity contribution in [1.82, 2.24) is 24.5 Å². The summed E-state index contributed by atoms with van der Waals surface area (Å²) in [7, 11) is 1.67. The molecule has 0 bridgehead atoms. The van der Waals surface area contributed by atoms with E-state index in [2.05, 4.69) is 28.8 Å². The van der Waals surface area contributed by atoms with Gasteiger partial charge in [0.05, 0.1) is 42.1 Å². The number of fused-ring (bicyclic) bond motifs is 1. The van der Waals surface area contributed by atoms with Crippen molar-refractivity contribution in [3.8, 4) is 22.8 Å². The Kier molecular flexibility index (Phi) is 4.96. The minimum absolute atomic E-state index is 0.329. The minimum atomic E-state index is 0.329. The van der Waals surface area contributed by atoms with Gasteiger partial charge in [0.25, 0.3) is 0 Å². The van der Waals surface area contributed by atoms with Gasteiger partial charge in [-0.25, -0.2) is 14.3 Å². The molecule has 0 N–H and O–H groups in total. The van der Waals surface area contributed by atoms with Crippen LogP contribution < -0.4 is 4.74 Å². The van der Waals surface area contributed by atoms with E-state index in [4.69, 9.17) is 19.6 Å². The minimum Gasteiger partial charge on any atom is -0.497 e. The highest BCUT2D eigenvalue weighted by molar-refractivity contribution is 5.81. The van der Waals surface area contributed by atoms with Gasteiger partial charge >= 0.3 is 0 Å². The van der Waals surface area contributed by atoms with E-state index >= 15 is 0 Å². The molecule has 4 heterocycles. The van der Waals surface area contributed by atoms with Crippen molar-refractivity contribution < 1.29 is 9.47 Å². The smallest absolute Gasteiger partial charge is 0.159 e. The van der Waals surface area contributed by atoms with Gasteiger partial charge in [-0.3, -0.25) is 0 Å². The molecule has 1 aromatic carbocycles. The molecule has 1 saturated heterocycles. The highest BCUT2D eigenvalue weighted by Crippen LogP contribution is 2.30. The lowest BCUT2D eigenvalue weighted by atomic mass is 10.1. The van der Waals surface area contributed by atoms with Crippen LogP contribution in [0.5, 0.6) is 5.75 Å². The Morgan fingerprint density at radius 3 is 2.60 bits per heavy atom. The summed E-state index contributed by atoms with van der Waals surface area (Å²) in [6, 6.07) is 14.4. The number of aryl methyl sites for hydroxylation is 1. The molecule has 0 amide bonds. The molecule has 1 aliphatic rings. The quantitative estimate of drug-likeness (QED) is 0.499. The monoisotopic (exact) mass is 403 g/mol. The average Bonchev–Trinajstić information content (AvgIpc) is 3.44. The zero-order valence-corrected chi connectivity index (χ0v) is 17.3. The van der Waals surface area contributed by atoms with E-state index in [0.29, 0.717) is 6.04 Å². The van der Waals surface area contributed by atoms with Crippen LogP contribution in [0.15, 0.2) is 48.7 Å². The van der Waals surface area contributed by atoms with E-state index in [9.17, 15) is 0 Å². The van der Waals surface area contributed by atoms with Crippen LogP contribution in [0.4, 0.5) is 0 Å². The van der Waals surface area contributed by atoms with Crippen LogP contribution >= 0.6 is 0 Å². The zero-order valence-electron chi connectivity index (χ0n) is 17.3. The number of benzene rings is 1. The molecule has 3 aromatic heterocycles. The van der Waals surface area contributed by atoms with Crippen LogP contribution in [0.3, 0.4) is 0 Å². The van der Waals surface area contributed by atoms with E-state index in [1.807, 2.05) is 35.0 Å². The number of pyridine rings is 1. The topological polar surface area (TPSA) is 67.0 Å². The number of aromatic nitrogens is 5. The second-order valence-electron chi connectivity index (χ2n) is 7.48. The van der Waals surface area contributed by atoms with Gasteiger partial charge < -0.3 is 9.47 Å². The fourth-order valence-electron chi connectivity index (χ4n) is 4.09. The largest absolute Gasteiger partial charge is 0.497 e. The third-order valence-electron chi connectivity index (χ3n) is 5.73. The van der Waals surface area contributed by atoms with Gasteiger partial charge in [0, 0.05) is 18.6 Å². The molecule has 0 saturated carbocycles. The standard InChI is InChI=1S/C23H25N5O2/c1-3-20-19-8-9-21(25-23(19)28(26-20)17-11-14-30-15-12-17)22-10-13-24-27(22)16-4-6-18(29-2)7-5-16/h4-10,13,17H,3,11-12,14-15H2,1-2H3. The van der Waals surface area contributed by atoms with Crippen molar-refractivity contribution in [1.29, 1.82) is 0 Å². The van der Waals surface area contributed by atoms with E-state index in [1.54, 1.807) is 13.3 Å². The maximum absolute atomic E-state index is 5.55. The number of ether oxygens (including phenoxy) is 2. The summed E-state index contributed by atoms with van der Waals surface area (Å²) in [5.74, 6) is 0.819. The van der Waals surface area contributed by atoms with E-state index in [0.717, 1.165) is 72.0 Å². The number of hydrogen-bond donors (Lipinski definition) is 0. The Balaban J connectivity index is 1.59. The van der Waals surface area contributed by atoms with Crippen molar-refractivity contribution >= 4 is 11.0 Å². The summed E-state index contributed by atoms with van der Waals surface area (Å²) in [5.41, 5.74) is 4.83. The second kappa shape index (κ2) is 7.91. The third kappa shape index (κ3) is 3.25. The normalized spacial score (nSPS) is 15.0. The molecule has 0 unspecified atom stereocenters. The molecule has 1 fully saturated rings. The molecule has 5 rings (SSSR count). The van der Waals surface area contributed by atoms with Crippen molar-refractivity contribution in [3.05, 3.63) is 54.4 Å². The van der Waals surface area contributed by atoms with Crippen molar-refractivity contribution in [3.63, 3.8) is 0 Å². The molecular formula is C23H25N5O2. The lowest BCUT2D eigenvalue weighted by Gasteiger charge is -2.22. The molecule has 4 aromatic rings. The summed E-state index contributed by atoms with van der Waals surface area (Å²) in [6.45, 7) is 3.69. The van der Waals surface area contributed by atoms with Gasteiger partial charge in [-0.2, -0.15) is 10.2 Å². The lowest BCUT2D eigenvalue weighted by molar-refractivity contribution is 0.0672. The Morgan fingerprint density at radius 1 is 1.07 bits per heavy atom. The predicted molar refractivity (Wildman–Crippen MR) is 115 cm³/mol. The molecule has 154 valence electrons. The second-order valence-corrected chi connectivity index (χ2v) is 7.48. The number of hydrogen-bond acceptors (Lipinski definition) is 5. The summed E-state index contributed by atoms with van der Waals surface area (Å²) >= 11 is 0. The van der Waals surface area contributed by atoms with E-state index in [-0.39, 0.29) is 0 Å². The summed E-state index contributed by atoms with van der Waals surface area (Å²) in [4.78, 5) is 5.06. The van der Waals surface area contributed by atoms with Crippen molar-refractivity contribution in [2.75, 3.05) is 20.3 Å². The zero-order chi connectivity index (χ0) is 20.5. The maximum atomic E-state index is 5.55. The molecule has 0 spiro atoms. The lowest BCUT2D eigenvalue weighted by Crippen LogP contribution is -2.21. The van der Waals surface area contributed by atoms with Crippen molar-refractivity contribution in [2.45, 2.75) is 32.2 Å². The highest BCUT2D eigenvalue weighted by Gasteiger charge is 2.22. The molecular weight excluding hydrogens is 378 g/mol. The predicted octanol–water partition coefficient (Wildman–Crippen LogP) is 4.21. The molecule has 7 heteroatoms. The van der Waals surface area contributed by atoms with Crippen LogP contribution in [-0.2, 0) is 11.2 Å². The van der Waals surface area contributed by atoms with Gasteiger partial charge in [-0.1, -0.05) is 6.92 Å².